The third-order valence-corrected chi connectivity index (χ3v) is 6.89. The van der Waals surface area contributed by atoms with Gasteiger partial charge in [-0.05, 0) is 30.2 Å². The molecular formula is C19H12Cl5N3O2. The van der Waals surface area contributed by atoms with Gasteiger partial charge in [-0.15, -0.1) is 0 Å². The van der Waals surface area contributed by atoms with E-state index in [-0.39, 0.29) is 30.7 Å². The summed E-state index contributed by atoms with van der Waals surface area (Å²) in [5.74, 6) is 0.765. The zero-order chi connectivity index (χ0) is 20.9. The average Bonchev–Trinajstić information content (AvgIpc) is 3.10. The Hall–Kier alpha value is -1.63. The van der Waals surface area contributed by atoms with Crippen LogP contribution in [-0.4, -0.2) is 24.5 Å². The molecule has 1 aromatic heterocycles. The molecule has 0 spiro atoms. The highest BCUT2D eigenvalue weighted by molar-refractivity contribution is 6.56. The number of ether oxygens (including phenoxy) is 1. The molecule has 150 valence electrons. The normalized spacial score (nSPS) is 13.0. The van der Waals surface area contributed by atoms with Crippen molar-refractivity contribution in [2.24, 2.45) is 0 Å². The lowest BCUT2D eigenvalue weighted by Crippen LogP contribution is -2.41. The summed E-state index contributed by atoms with van der Waals surface area (Å²) in [5, 5.41) is 2.41. The van der Waals surface area contributed by atoms with Crippen LogP contribution in [0.3, 0.4) is 0 Å². The second-order valence-corrected chi connectivity index (χ2v) is 8.21. The second-order valence-electron chi connectivity index (χ2n) is 6.32. The Balaban J connectivity index is 1.69. The Labute approximate surface area is 191 Å². The van der Waals surface area contributed by atoms with E-state index in [1.807, 2.05) is 24.3 Å². The summed E-state index contributed by atoms with van der Waals surface area (Å²) in [4.78, 5) is 17.6. The Morgan fingerprint density at radius 1 is 1.03 bits per heavy atom. The lowest BCUT2D eigenvalue weighted by atomic mass is 10.1. The molecule has 2 heterocycles. The van der Waals surface area contributed by atoms with Crippen LogP contribution in [-0.2, 0) is 6.42 Å². The largest absolute Gasteiger partial charge is 0.497 e. The van der Waals surface area contributed by atoms with E-state index >= 15 is 0 Å². The molecule has 29 heavy (non-hydrogen) atoms. The van der Waals surface area contributed by atoms with E-state index in [4.69, 9.17) is 62.7 Å². The molecule has 3 aromatic rings. The van der Waals surface area contributed by atoms with Gasteiger partial charge < -0.3 is 4.74 Å². The molecule has 1 aliphatic rings. The van der Waals surface area contributed by atoms with Gasteiger partial charge in [-0.1, -0.05) is 58.0 Å². The minimum Gasteiger partial charge on any atom is -0.497 e. The highest BCUT2D eigenvalue weighted by Gasteiger charge is 2.28. The van der Waals surface area contributed by atoms with Gasteiger partial charge >= 0.3 is 0 Å². The summed E-state index contributed by atoms with van der Waals surface area (Å²) in [6.07, 6.45) is 0.716. The topological polar surface area (TPSA) is 54.5 Å². The lowest BCUT2D eigenvalue weighted by Gasteiger charge is -2.21. The number of hydrazine groups is 1. The molecule has 0 unspecified atom stereocenters. The SMILES string of the molecule is COc1ccc2cc3c(nc2c1)N(NC(=O)c1c(Cl)c(Cl)c(Cl)c(Cl)c1Cl)CC3. The van der Waals surface area contributed by atoms with Crippen molar-refractivity contribution in [3.8, 4) is 5.75 Å². The lowest BCUT2D eigenvalue weighted by molar-refractivity contribution is 0.0950. The molecule has 1 amide bonds. The molecule has 0 saturated heterocycles. The van der Waals surface area contributed by atoms with E-state index in [2.05, 4.69) is 10.4 Å². The average molecular weight is 492 g/mol. The Kier molecular flexibility index (Phi) is 5.62. The van der Waals surface area contributed by atoms with Crippen LogP contribution < -0.4 is 15.2 Å². The minimum absolute atomic E-state index is 0.00603. The molecule has 1 N–H and O–H groups in total. The first-order valence-electron chi connectivity index (χ1n) is 8.39. The molecular weight excluding hydrogens is 479 g/mol. The van der Waals surface area contributed by atoms with Crippen LogP contribution in [0.25, 0.3) is 10.9 Å². The number of hydrogen-bond acceptors (Lipinski definition) is 4. The summed E-state index contributed by atoms with van der Waals surface area (Å²) in [6.45, 7) is 0.534. The number of anilines is 1. The number of benzene rings is 2. The number of methoxy groups -OCH3 is 1. The van der Waals surface area contributed by atoms with Crippen molar-refractivity contribution in [3.05, 3.63) is 60.5 Å². The molecule has 0 aliphatic carbocycles. The molecule has 1 aliphatic heterocycles. The zero-order valence-electron chi connectivity index (χ0n) is 14.8. The first-order valence-corrected chi connectivity index (χ1v) is 10.3. The number of nitrogens with one attached hydrogen (secondary N) is 1. The fourth-order valence-corrected chi connectivity index (χ4v) is 4.46. The maximum atomic E-state index is 12.9. The molecule has 0 radical (unpaired) electrons. The van der Waals surface area contributed by atoms with Crippen LogP contribution in [0.15, 0.2) is 24.3 Å². The van der Waals surface area contributed by atoms with Crippen molar-refractivity contribution in [1.29, 1.82) is 0 Å². The van der Waals surface area contributed by atoms with Crippen LogP contribution in [0, 0.1) is 0 Å². The standard InChI is InChI=1S/C19H12Cl5N3O2/c1-29-10-3-2-8-6-9-4-5-27(18(9)25-11(8)7-10)26-19(28)12-13(20)15(22)17(24)16(23)14(12)21/h2-3,6-7H,4-5H2,1H3,(H,26,28). The van der Waals surface area contributed by atoms with Crippen LogP contribution >= 0.6 is 58.0 Å². The van der Waals surface area contributed by atoms with Crippen LogP contribution in [0.1, 0.15) is 15.9 Å². The van der Waals surface area contributed by atoms with Gasteiger partial charge in [0.15, 0.2) is 5.82 Å². The van der Waals surface area contributed by atoms with Crippen molar-refractivity contribution < 1.29 is 9.53 Å². The second kappa shape index (κ2) is 7.89. The first-order chi connectivity index (χ1) is 13.8. The number of aromatic nitrogens is 1. The fourth-order valence-electron chi connectivity index (χ4n) is 3.15. The number of carbonyl (C=O) groups is 1. The van der Waals surface area contributed by atoms with Crippen LogP contribution in [0.5, 0.6) is 5.75 Å². The molecule has 0 fully saturated rings. The third kappa shape index (κ3) is 3.56. The molecule has 0 bridgehead atoms. The Morgan fingerprint density at radius 3 is 2.34 bits per heavy atom. The molecule has 0 atom stereocenters. The molecule has 4 rings (SSSR count). The van der Waals surface area contributed by atoms with E-state index in [1.165, 1.54) is 0 Å². The third-order valence-electron chi connectivity index (χ3n) is 4.61. The number of halogens is 5. The van der Waals surface area contributed by atoms with Gasteiger partial charge in [0.25, 0.3) is 5.91 Å². The van der Waals surface area contributed by atoms with E-state index in [9.17, 15) is 4.79 Å². The van der Waals surface area contributed by atoms with E-state index in [0.29, 0.717) is 24.5 Å². The van der Waals surface area contributed by atoms with Gasteiger partial charge in [-0.3, -0.25) is 15.2 Å². The highest BCUT2D eigenvalue weighted by atomic mass is 35.5. The molecule has 2 aromatic carbocycles. The first kappa shape index (κ1) is 20.6. The highest BCUT2D eigenvalue weighted by Crippen LogP contribution is 2.44. The predicted molar refractivity (Wildman–Crippen MR) is 118 cm³/mol. The van der Waals surface area contributed by atoms with Crippen LogP contribution in [0.2, 0.25) is 25.1 Å². The maximum absolute atomic E-state index is 12.9. The van der Waals surface area contributed by atoms with Gasteiger partial charge in [0.2, 0.25) is 0 Å². The van der Waals surface area contributed by atoms with Crippen molar-refractivity contribution in [2.75, 3.05) is 18.7 Å². The number of pyridine rings is 1. The van der Waals surface area contributed by atoms with Crippen molar-refractivity contribution >= 4 is 80.6 Å². The summed E-state index contributed by atoms with van der Waals surface area (Å²) < 4.78 is 5.26. The number of carbonyl (C=O) groups excluding carboxylic acids is 1. The van der Waals surface area contributed by atoms with Gasteiger partial charge in [0.1, 0.15) is 5.75 Å². The van der Waals surface area contributed by atoms with Crippen molar-refractivity contribution in [2.45, 2.75) is 6.42 Å². The minimum atomic E-state index is -0.569. The molecule has 0 saturated carbocycles. The molecule has 10 heteroatoms. The van der Waals surface area contributed by atoms with Gasteiger partial charge in [0.05, 0.1) is 43.3 Å². The van der Waals surface area contributed by atoms with E-state index < -0.39 is 5.91 Å². The smallest absolute Gasteiger partial charge is 0.272 e. The monoisotopic (exact) mass is 489 g/mol. The molecule has 5 nitrogen and oxygen atoms in total. The summed E-state index contributed by atoms with van der Waals surface area (Å²) in [7, 11) is 1.59. The van der Waals surface area contributed by atoms with E-state index in [1.54, 1.807) is 12.1 Å². The summed E-state index contributed by atoms with van der Waals surface area (Å²) >= 11 is 30.5. The van der Waals surface area contributed by atoms with Crippen molar-refractivity contribution in [1.82, 2.24) is 10.4 Å². The van der Waals surface area contributed by atoms with Crippen LogP contribution in [0.4, 0.5) is 5.82 Å². The summed E-state index contributed by atoms with van der Waals surface area (Å²) in [5.41, 5.74) is 4.47. The Bertz CT molecular complexity index is 1140. The number of hydrogen-bond donors (Lipinski definition) is 1. The zero-order valence-corrected chi connectivity index (χ0v) is 18.6. The number of nitrogens with zero attached hydrogens (tertiary/aromatic N) is 2. The fraction of sp³-hybridized carbons (Fsp3) is 0.158. The number of amides is 1. The van der Waals surface area contributed by atoms with Gasteiger partial charge in [-0.2, -0.15) is 0 Å². The van der Waals surface area contributed by atoms with E-state index in [0.717, 1.165) is 16.5 Å². The summed E-state index contributed by atoms with van der Waals surface area (Å²) in [6, 6.07) is 7.70. The maximum Gasteiger partial charge on any atom is 0.272 e. The quantitative estimate of drug-likeness (QED) is 0.349. The predicted octanol–water partition coefficient (Wildman–Crippen LogP) is 6.22. The number of rotatable bonds is 3. The van der Waals surface area contributed by atoms with Crippen molar-refractivity contribution in [3.63, 3.8) is 0 Å². The van der Waals surface area contributed by atoms with Gasteiger partial charge in [0, 0.05) is 18.0 Å². The Morgan fingerprint density at radius 2 is 1.69 bits per heavy atom. The number of fused-ring (bicyclic) bond motifs is 2. The van der Waals surface area contributed by atoms with Gasteiger partial charge in [-0.25, -0.2) is 4.98 Å².